The highest BCUT2D eigenvalue weighted by molar-refractivity contribution is 6.33. The van der Waals surface area contributed by atoms with Crippen molar-refractivity contribution in [2.24, 2.45) is 0 Å². The van der Waals surface area contributed by atoms with Gasteiger partial charge in [0.05, 0.1) is 51.2 Å². The molecule has 0 saturated carbocycles. The third kappa shape index (κ3) is 15.5. The van der Waals surface area contributed by atoms with Crippen LogP contribution in [0, 0.1) is 41.7 Å². The van der Waals surface area contributed by atoms with E-state index >= 15 is 0 Å². The molecule has 0 aromatic heterocycles. The number of non-ortho nitro benzene ring substituents is 1. The van der Waals surface area contributed by atoms with Gasteiger partial charge in [0.2, 0.25) is 11.5 Å². The first-order chi connectivity index (χ1) is 24.8. The number of rotatable bonds is 13. The van der Waals surface area contributed by atoms with Crippen LogP contribution in [0.4, 0.5) is 17.1 Å². The van der Waals surface area contributed by atoms with E-state index in [-0.39, 0.29) is 67.5 Å². The lowest BCUT2D eigenvalue weighted by atomic mass is 10.2. The first-order valence-electron chi connectivity index (χ1n) is 14.3. The number of halogens is 3. The molecular formula is C31H31Cl3N4O15. The average molecular weight is 806 g/mol. The number of carbonyl (C=O) groups is 2. The number of ether oxygens (including phenoxy) is 7. The van der Waals surface area contributed by atoms with E-state index in [1.807, 2.05) is 0 Å². The fraction of sp³-hybridized carbons (Fsp3) is 0.323. The Balaban J connectivity index is 0.000000405. The second-order valence-electron chi connectivity index (χ2n) is 10.5. The molecule has 0 aliphatic heterocycles. The van der Waals surface area contributed by atoms with Crippen LogP contribution in [-0.4, -0.2) is 73.5 Å². The van der Waals surface area contributed by atoms with Crippen LogP contribution in [0.1, 0.15) is 20.8 Å². The van der Waals surface area contributed by atoms with Crippen LogP contribution in [0.5, 0.6) is 28.7 Å². The van der Waals surface area contributed by atoms with Gasteiger partial charge in [-0.05, 0) is 26.8 Å². The number of methoxy groups -OCH3 is 3. The molecule has 3 aromatic carbocycles. The van der Waals surface area contributed by atoms with Crippen LogP contribution in [0.15, 0.2) is 42.5 Å². The Morgan fingerprint density at radius 2 is 1.13 bits per heavy atom. The van der Waals surface area contributed by atoms with E-state index in [1.54, 1.807) is 26.8 Å². The summed E-state index contributed by atoms with van der Waals surface area (Å²) in [5, 5.41) is 40.6. The molecule has 0 spiro atoms. The minimum atomic E-state index is -0.669. The van der Waals surface area contributed by atoms with Gasteiger partial charge in [-0.2, -0.15) is 5.26 Å². The molecule has 0 radical (unpaired) electrons. The zero-order valence-electron chi connectivity index (χ0n) is 28.7. The molecule has 0 unspecified atom stereocenters. The lowest BCUT2D eigenvalue weighted by Crippen LogP contribution is -2.27. The number of benzene rings is 3. The van der Waals surface area contributed by atoms with E-state index in [9.17, 15) is 39.9 Å². The molecule has 3 aromatic rings. The highest BCUT2D eigenvalue weighted by Gasteiger charge is 2.23. The number of hydrogen-bond acceptors (Lipinski definition) is 16. The van der Waals surface area contributed by atoms with E-state index in [2.05, 4.69) is 4.74 Å². The molecule has 0 atom stereocenters. The van der Waals surface area contributed by atoms with Gasteiger partial charge in [0.25, 0.3) is 5.69 Å². The minimum Gasteiger partial charge on any atom is -0.495 e. The molecule has 0 fully saturated rings. The summed E-state index contributed by atoms with van der Waals surface area (Å²) in [7, 11) is 3.91. The molecule has 0 N–H and O–H groups in total. The monoisotopic (exact) mass is 804 g/mol. The Bertz CT molecular complexity index is 1850. The maximum Gasteiger partial charge on any atom is 0.344 e. The zero-order chi connectivity index (χ0) is 40.5. The van der Waals surface area contributed by atoms with Gasteiger partial charge in [0.1, 0.15) is 28.9 Å². The van der Waals surface area contributed by atoms with E-state index in [1.165, 1.54) is 51.7 Å². The van der Waals surface area contributed by atoms with Crippen LogP contribution in [0.2, 0.25) is 15.1 Å². The molecule has 3 rings (SSSR count). The third-order valence-corrected chi connectivity index (χ3v) is 6.50. The Morgan fingerprint density at radius 1 is 0.679 bits per heavy atom. The maximum atomic E-state index is 11.6. The highest BCUT2D eigenvalue weighted by Crippen LogP contribution is 2.38. The minimum absolute atomic E-state index is 0.0776. The van der Waals surface area contributed by atoms with Crippen LogP contribution in [0.3, 0.4) is 0 Å². The summed E-state index contributed by atoms with van der Waals surface area (Å²) in [6.45, 7) is 4.08. The van der Waals surface area contributed by atoms with Gasteiger partial charge in [0, 0.05) is 36.4 Å². The summed E-state index contributed by atoms with van der Waals surface area (Å²) < 4.78 is 34.3. The highest BCUT2D eigenvalue weighted by atomic mass is 35.5. The molecule has 0 heterocycles. The number of carbonyl (C=O) groups excluding carboxylic acids is 2. The van der Waals surface area contributed by atoms with Crippen molar-refractivity contribution in [2.45, 2.75) is 26.4 Å². The van der Waals surface area contributed by atoms with Crippen molar-refractivity contribution in [1.82, 2.24) is 0 Å². The van der Waals surface area contributed by atoms with Crippen LogP contribution in [0.25, 0.3) is 0 Å². The van der Waals surface area contributed by atoms with E-state index in [4.69, 9.17) is 68.5 Å². The summed E-state index contributed by atoms with van der Waals surface area (Å²) in [5.74, 6) is -0.843. The Labute approximate surface area is 316 Å². The normalized spacial score (nSPS) is 10.0. The second kappa shape index (κ2) is 21.5. The van der Waals surface area contributed by atoms with Crippen molar-refractivity contribution in [2.75, 3.05) is 41.2 Å². The lowest BCUT2D eigenvalue weighted by molar-refractivity contribution is -0.386. The smallest absolute Gasteiger partial charge is 0.344 e. The first kappa shape index (κ1) is 45.2. The molecule has 53 heavy (non-hydrogen) atoms. The Kier molecular flexibility index (Phi) is 18.3. The zero-order valence-corrected chi connectivity index (χ0v) is 31.0. The quantitative estimate of drug-likeness (QED) is 0.0963. The van der Waals surface area contributed by atoms with E-state index < -0.39 is 45.5 Å². The van der Waals surface area contributed by atoms with Crippen molar-refractivity contribution in [3.05, 3.63) is 87.9 Å². The molecule has 0 bridgehead atoms. The first-order valence-corrected chi connectivity index (χ1v) is 15.4. The fourth-order valence-corrected chi connectivity index (χ4v) is 4.11. The SMILES string of the molecule is COC(=O)COc1cc(OC)c(Cl)cc1[N+](=O)[O-].COc1cc(OCC(=O)OC(C)(C)C)c([N+](=O)[O-])cc1Cl.N#CCOc1ccc([N+](=O)[O-])cc1Cl. The second-order valence-corrected chi connectivity index (χ2v) is 11.7. The van der Waals surface area contributed by atoms with Crippen molar-refractivity contribution < 1.29 is 57.5 Å². The summed E-state index contributed by atoms with van der Waals surface area (Å²) in [6.07, 6.45) is 0. The summed E-state index contributed by atoms with van der Waals surface area (Å²) in [6, 6.07) is 10.2. The standard InChI is InChI=1S/C13H16ClNO6.C10H10ClNO6.C8H5ClN2O3/c1-13(2,3)21-12(16)7-20-11-6-10(19-4)8(14)5-9(11)15(17)18;1-16-8-4-9(18-5-10(13)17-2)7(12(14)15)3-6(8)11;9-7-5-6(11(12)13)1-2-8(7)14-4-3-10/h5-6H,7H2,1-4H3;3-4H,5H2,1-2H3;1-2,5H,4H2. The Hall–Kier alpha value is -5.84. The Morgan fingerprint density at radius 3 is 1.49 bits per heavy atom. The summed E-state index contributed by atoms with van der Waals surface area (Å²) in [5.41, 5.74) is -1.49. The van der Waals surface area contributed by atoms with Crippen LogP contribution >= 0.6 is 34.8 Å². The van der Waals surface area contributed by atoms with E-state index in [0.29, 0.717) is 0 Å². The van der Waals surface area contributed by atoms with Crippen molar-refractivity contribution in [1.29, 1.82) is 5.26 Å². The molecule has 0 aliphatic rings. The summed E-state index contributed by atoms with van der Waals surface area (Å²) >= 11 is 17.2. The molecule has 0 saturated heterocycles. The lowest BCUT2D eigenvalue weighted by Gasteiger charge is -2.19. The third-order valence-electron chi connectivity index (χ3n) is 5.62. The van der Waals surface area contributed by atoms with Gasteiger partial charge in [-0.1, -0.05) is 34.8 Å². The predicted molar refractivity (Wildman–Crippen MR) is 187 cm³/mol. The average Bonchev–Trinajstić information content (AvgIpc) is 3.09. The van der Waals surface area contributed by atoms with Crippen molar-refractivity contribution >= 4 is 63.8 Å². The van der Waals surface area contributed by atoms with Gasteiger partial charge in [-0.15, -0.1) is 0 Å². The van der Waals surface area contributed by atoms with Gasteiger partial charge in [-0.25, -0.2) is 9.59 Å². The van der Waals surface area contributed by atoms with Gasteiger partial charge >= 0.3 is 23.3 Å². The number of nitriles is 1. The fourth-order valence-electron chi connectivity index (χ4n) is 3.41. The maximum absolute atomic E-state index is 11.6. The number of hydrogen-bond donors (Lipinski definition) is 0. The topological polar surface area (TPSA) is 252 Å². The molecule has 22 heteroatoms. The summed E-state index contributed by atoms with van der Waals surface area (Å²) in [4.78, 5) is 52.7. The number of nitrogens with zero attached hydrogens (tertiary/aromatic N) is 4. The molecule has 0 amide bonds. The van der Waals surface area contributed by atoms with Crippen molar-refractivity contribution in [3.63, 3.8) is 0 Å². The molecular weight excluding hydrogens is 775 g/mol. The predicted octanol–water partition coefficient (Wildman–Crippen LogP) is 6.94. The molecule has 286 valence electrons. The largest absolute Gasteiger partial charge is 0.495 e. The van der Waals surface area contributed by atoms with Crippen molar-refractivity contribution in [3.8, 4) is 34.8 Å². The van der Waals surface area contributed by atoms with Crippen LogP contribution < -0.4 is 23.7 Å². The molecule has 0 aliphatic carbocycles. The van der Waals surface area contributed by atoms with Gasteiger partial charge < -0.3 is 33.2 Å². The van der Waals surface area contributed by atoms with E-state index in [0.717, 1.165) is 12.1 Å². The number of esters is 2. The number of nitro groups is 3. The van der Waals surface area contributed by atoms with Gasteiger partial charge in [-0.3, -0.25) is 30.3 Å². The van der Waals surface area contributed by atoms with Crippen LogP contribution in [-0.2, 0) is 19.1 Å². The molecule has 19 nitrogen and oxygen atoms in total. The van der Waals surface area contributed by atoms with Gasteiger partial charge in [0.15, 0.2) is 19.8 Å². The number of nitro benzene ring substituents is 3.